The highest BCUT2D eigenvalue weighted by Gasteiger charge is 2.19. The Bertz CT molecular complexity index is 1330. The largest absolute Gasteiger partial charge is 0.456 e. The van der Waals surface area contributed by atoms with Gasteiger partial charge in [0.15, 0.2) is 17.0 Å². The van der Waals surface area contributed by atoms with Gasteiger partial charge in [0.2, 0.25) is 5.89 Å². The van der Waals surface area contributed by atoms with Crippen LogP contribution in [0.25, 0.3) is 33.6 Å². The number of pyridine rings is 1. The number of hydrogen-bond acceptors (Lipinski definition) is 6. The van der Waals surface area contributed by atoms with Gasteiger partial charge < -0.3 is 14.5 Å². The van der Waals surface area contributed by atoms with Gasteiger partial charge in [-0.05, 0) is 49.2 Å². The fourth-order valence-electron chi connectivity index (χ4n) is 4.34. The Morgan fingerprint density at radius 2 is 1.81 bits per heavy atom. The van der Waals surface area contributed by atoms with Crippen molar-refractivity contribution in [3.05, 3.63) is 60.8 Å². The lowest BCUT2D eigenvalue weighted by Gasteiger charge is -2.22. The minimum absolute atomic E-state index is 0.443. The first-order valence-corrected chi connectivity index (χ1v) is 11.1. The molecular weight excluding hydrogens is 402 g/mol. The predicted octanol–water partition coefficient (Wildman–Crippen LogP) is 6.30. The van der Waals surface area contributed by atoms with Crippen LogP contribution in [-0.2, 0) is 0 Å². The Morgan fingerprint density at radius 3 is 2.66 bits per heavy atom. The van der Waals surface area contributed by atoms with Gasteiger partial charge in [-0.3, -0.25) is 5.10 Å². The number of benzene rings is 2. The van der Waals surface area contributed by atoms with Crippen LogP contribution in [0.2, 0.25) is 0 Å². The molecule has 0 atom stereocenters. The Hall–Kier alpha value is -3.87. The van der Waals surface area contributed by atoms with E-state index in [0.717, 1.165) is 39.4 Å². The summed E-state index contributed by atoms with van der Waals surface area (Å²) in [6.07, 6.45) is 7.90. The zero-order valence-corrected chi connectivity index (χ0v) is 17.5. The summed E-state index contributed by atoms with van der Waals surface area (Å²) in [7, 11) is 0. The summed E-state index contributed by atoms with van der Waals surface area (Å²) in [5, 5.41) is 12.0. The van der Waals surface area contributed by atoms with Crippen molar-refractivity contribution in [2.24, 2.45) is 0 Å². The molecule has 2 aromatic carbocycles. The monoisotopic (exact) mass is 425 g/mol. The predicted molar refractivity (Wildman–Crippen MR) is 124 cm³/mol. The van der Waals surface area contributed by atoms with Gasteiger partial charge in [0.25, 0.3) is 0 Å². The van der Waals surface area contributed by atoms with Gasteiger partial charge in [-0.25, -0.2) is 9.97 Å². The molecule has 0 radical (unpaired) electrons. The molecule has 0 unspecified atom stereocenters. The second kappa shape index (κ2) is 8.00. The number of aromatic nitrogens is 4. The quantitative estimate of drug-likeness (QED) is 0.343. The molecule has 7 heteroatoms. The number of hydrogen-bond donors (Lipinski definition) is 2. The Kier molecular flexibility index (Phi) is 4.71. The summed E-state index contributed by atoms with van der Waals surface area (Å²) >= 11 is 0. The van der Waals surface area contributed by atoms with Gasteiger partial charge in [0.05, 0.1) is 0 Å². The molecule has 1 fully saturated rings. The molecule has 5 aromatic rings. The van der Waals surface area contributed by atoms with Crippen molar-refractivity contribution < 1.29 is 9.15 Å². The highest BCUT2D eigenvalue weighted by atomic mass is 16.5. The molecule has 1 aliphatic carbocycles. The lowest BCUT2D eigenvalue weighted by Crippen LogP contribution is -2.22. The van der Waals surface area contributed by atoms with E-state index in [1.54, 1.807) is 6.20 Å². The summed E-state index contributed by atoms with van der Waals surface area (Å²) in [6, 6.07) is 17.8. The van der Waals surface area contributed by atoms with Crippen LogP contribution in [0.3, 0.4) is 0 Å². The Balaban J connectivity index is 1.26. The van der Waals surface area contributed by atoms with Crippen LogP contribution in [0.4, 0.5) is 5.82 Å². The van der Waals surface area contributed by atoms with Gasteiger partial charge in [0.1, 0.15) is 22.4 Å². The maximum absolute atomic E-state index is 6.24. The molecule has 0 spiro atoms. The van der Waals surface area contributed by atoms with Gasteiger partial charge in [-0.15, -0.1) is 0 Å². The molecule has 3 aromatic heterocycles. The third-order valence-electron chi connectivity index (χ3n) is 5.99. The molecule has 2 N–H and O–H groups in total. The summed E-state index contributed by atoms with van der Waals surface area (Å²) in [6.45, 7) is 0. The maximum atomic E-state index is 6.24. The first-order chi connectivity index (χ1) is 15.8. The smallest absolute Gasteiger partial charge is 0.227 e. The van der Waals surface area contributed by atoms with Crippen LogP contribution in [0.1, 0.15) is 32.1 Å². The van der Waals surface area contributed by atoms with Crippen molar-refractivity contribution in [2.75, 3.05) is 5.32 Å². The van der Waals surface area contributed by atoms with Crippen LogP contribution in [0, 0.1) is 0 Å². The lowest BCUT2D eigenvalue weighted by atomic mass is 9.95. The zero-order chi connectivity index (χ0) is 21.3. The molecule has 1 aliphatic rings. The number of rotatable bonds is 5. The minimum Gasteiger partial charge on any atom is -0.456 e. The first kappa shape index (κ1) is 18.9. The molecule has 3 heterocycles. The average Bonchev–Trinajstić information content (AvgIpc) is 3.45. The van der Waals surface area contributed by atoms with E-state index in [0.29, 0.717) is 17.6 Å². The molecule has 7 nitrogen and oxygen atoms in total. The van der Waals surface area contributed by atoms with Crippen molar-refractivity contribution in [3.63, 3.8) is 0 Å². The lowest BCUT2D eigenvalue weighted by molar-refractivity contribution is 0.461. The highest BCUT2D eigenvalue weighted by Crippen LogP contribution is 2.35. The summed E-state index contributed by atoms with van der Waals surface area (Å²) in [4.78, 5) is 8.97. The van der Waals surface area contributed by atoms with Crippen molar-refractivity contribution in [3.8, 4) is 23.0 Å². The van der Waals surface area contributed by atoms with E-state index >= 15 is 0 Å². The average molecular weight is 425 g/mol. The van der Waals surface area contributed by atoms with Gasteiger partial charge in [0, 0.05) is 23.9 Å². The maximum Gasteiger partial charge on any atom is 0.227 e. The van der Waals surface area contributed by atoms with Crippen molar-refractivity contribution >= 4 is 28.0 Å². The van der Waals surface area contributed by atoms with Gasteiger partial charge >= 0.3 is 0 Å². The SMILES string of the molecule is c1ccc2oc(-c3ccc(Oc4ccnc5[nH]nc(NC6CCCCC6)c45)cc3)nc2c1. The minimum atomic E-state index is 0.443. The van der Waals surface area contributed by atoms with E-state index in [-0.39, 0.29) is 0 Å². The normalized spacial score (nSPS) is 14.8. The fraction of sp³-hybridized carbons (Fsp3) is 0.240. The van der Waals surface area contributed by atoms with E-state index in [4.69, 9.17) is 9.15 Å². The molecule has 6 rings (SSSR count). The van der Waals surface area contributed by atoms with E-state index in [1.165, 1.54) is 32.1 Å². The van der Waals surface area contributed by atoms with E-state index < -0.39 is 0 Å². The number of anilines is 1. The molecule has 0 bridgehead atoms. The third kappa shape index (κ3) is 3.56. The number of ether oxygens (including phenoxy) is 1. The first-order valence-electron chi connectivity index (χ1n) is 11.1. The summed E-state index contributed by atoms with van der Waals surface area (Å²) in [5.74, 6) is 2.84. The molecule has 1 saturated carbocycles. The molecular formula is C25H23N5O2. The zero-order valence-electron chi connectivity index (χ0n) is 17.5. The van der Waals surface area contributed by atoms with Crippen molar-refractivity contribution in [1.29, 1.82) is 0 Å². The van der Waals surface area contributed by atoms with Crippen LogP contribution in [-0.4, -0.2) is 26.2 Å². The molecule has 32 heavy (non-hydrogen) atoms. The number of fused-ring (bicyclic) bond motifs is 2. The number of oxazole rings is 1. The summed E-state index contributed by atoms with van der Waals surface area (Å²) in [5.41, 5.74) is 3.24. The molecule has 160 valence electrons. The van der Waals surface area contributed by atoms with E-state index in [1.807, 2.05) is 54.6 Å². The second-order valence-corrected chi connectivity index (χ2v) is 8.20. The van der Waals surface area contributed by atoms with Gasteiger partial charge in [-0.1, -0.05) is 31.4 Å². The van der Waals surface area contributed by atoms with Crippen molar-refractivity contribution in [1.82, 2.24) is 20.2 Å². The highest BCUT2D eigenvalue weighted by molar-refractivity contribution is 5.93. The van der Waals surface area contributed by atoms with Gasteiger partial charge in [-0.2, -0.15) is 5.10 Å². The fourth-order valence-corrected chi connectivity index (χ4v) is 4.34. The standard InChI is InChI=1S/C25H23N5O2/c1-2-6-17(7-3-1)27-24-22-21(14-15-26-23(22)29-30-24)31-18-12-10-16(11-13-18)25-28-19-8-4-5-9-20(19)32-25/h4-5,8-15,17H,1-3,6-7H2,(H2,26,27,29,30). The topological polar surface area (TPSA) is 88.9 Å². The number of aromatic amines is 1. The second-order valence-electron chi connectivity index (χ2n) is 8.20. The molecule has 0 aliphatic heterocycles. The Labute approximate surface area is 184 Å². The number of nitrogens with one attached hydrogen (secondary N) is 2. The number of H-pyrrole nitrogens is 1. The molecule has 0 saturated heterocycles. The number of nitrogens with zero attached hydrogens (tertiary/aromatic N) is 3. The van der Waals surface area contributed by atoms with E-state index in [2.05, 4.69) is 25.5 Å². The Morgan fingerprint density at radius 1 is 0.969 bits per heavy atom. The third-order valence-corrected chi connectivity index (χ3v) is 5.99. The van der Waals surface area contributed by atoms with Crippen LogP contribution < -0.4 is 10.1 Å². The van der Waals surface area contributed by atoms with Crippen LogP contribution in [0.15, 0.2) is 65.2 Å². The van der Waals surface area contributed by atoms with Crippen molar-refractivity contribution in [2.45, 2.75) is 38.1 Å². The van der Waals surface area contributed by atoms with Crippen LogP contribution in [0.5, 0.6) is 11.5 Å². The molecule has 0 amide bonds. The summed E-state index contributed by atoms with van der Waals surface area (Å²) < 4.78 is 12.1. The number of para-hydroxylation sites is 2. The van der Waals surface area contributed by atoms with Crippen LogP contribution >= 0.6 is 0 Å². The van der Waals surface area contributed by atoms with E-state index in [9.17, 15) is 0 Å².